The minimum Gasteiger partial charge on any atom is -0.474 e. The van der Waals surface area contributed by atoms with Crippen LogP contribution in [-0.2, 0) is 19.5 Å². The van der Waals surface area contributed by atoms with Crippen molar-refractivity contribution in [2.24, 2.45) is 5.92 Å². The van der Waals surface area contributed by atoms with Crippen LogP contribution < -0.4 is 9.47 Å². The molecule has 11 nitrogen and oxygen atoms in total. The zero-order valence-corrected chi connectivity index (χ0v) is 23.5. The van der Waals surface area contributed by atoms with E-state index in [2.05, 4.69) is 9.97 Å². The lowest BCUT2D eigenvalue weighted by Crippen LogP contribution is -2.44. The zero-order valence-electron chi connectivity index (χ0n) is 21.9. The summed E-state index contributed by atoms with van der Waals surface area (Å²) in [5, 5.41) is 0.402. The Morgan fingerprint density at radius 1 is 1.16 bits per heavy atom. The molecule has 0 bridgehead atoms. The van der Waals surface area contributed by atoms with Gasteiger partial charge in [0.05, 0.1) is 23.8 Å². The Balaban J connectivity index is 1.33. The van der Waals surface area contributed by atoms with E-state index in [1.54, 1.807) is 17.0 Å². The molecule has 0 radical (unpaired) electrons. The van der Waals surface area contributed by atoms with Crippen molar-refractivity contribution in [3.05, 3.63) is 40.7 Å². The minimum atomic E-state index is -3.38. The van der Waals surface area contributed by atoms with Gasteiger partial charge in [0, 0.05) is 31.8 Å². The van der Waals surface area contributed by atoms with Gasteiger partial charge in [-0.25, -0.2) is 14.8 Å². The molecule has 0 aliphatic carbocycles. The van der Waals surface area contributed by atoms with Crippen molar-refractivity contribution in [1.82, 2.24) is 14.9 Å². The zero-order chi connectivity index (χ0) is 27.5. The summed E-state index contributed by atoms with van der Waals surface area (Å²) in [6, 6.07) is 5.42. The Labute approximate surface area is 229 Å². The molecule has 2 fully saturated rings. The van der Waals surface area contributed by atoms with Crippen molar-refractivity contribution in [3.8, 4) is 17.5 Å². The monoisotopic (exact) mass is 571 g/mol. The highest BCUT2D eigenvalue weighted by atomic mass is 35.5. The molecule has 0 saturated carbocycles. The number of carbonyl (C=O) groups is 1. The Hall–Kier alpha value is -2.35. The van der Waals surface area contributed by atoms with E-state index in [1.165, 1.54) is 6.33 Å². The number of piperidine rings is 1. The van der Waals surface area contributed by atoms with E-state index >= 15 is 0 Å². The lowest BCUT2D eigenvalue weighted by atomic mass is 10.0. The predicted octanol–water partition coefficient (Wildman–Crippen LogP) is 5.80. The van der Waals surface area contributed by atoms with Gasteiger partial charge in [0.25, 0.3) is 0 Å². The first-order chi connectivity index (χ1) is 17.9. The molecular weight excluding hydrogens is 538 g/mol. The fraction of sp³-hybridized carbons (Fsp3) is 0.560. The number of halogens is 1. The van der Waals surface area contributed by atoms with Gasteiger partial charge < -0.3 is 19.1 Å². The number of aromatic nitrogens is 2. The topological polar surface area (TPSA) is 133 Å². The lowest BCUT2D eigenvalue weighted by Gasteiger charge is -2.33. The number of likely N-dealkylation sites (tertiary alicyclic amines) is 1. The summed E-state index contributed by atoms with van der Waals surface area (Å²) in [4.78, 5) is 22.5. The van der Waals surface area contributed by atoms with E-state index in [0.29, 0.717) is 60.4 Å². The summed E-state index contributed by atoms with van der Waals surface area (Å²) in [7, 11) is 0. The summed E-state index contributed by atoms with van der Waals surface area (Å²) in [6.07, 6.45) is 2.86. The number of carbonyl (C=O) groups excluding carboxylic acids is 1. The van der Waals surface area contributed by atoms with Gasteiger partial charge in [-0.2, -0.15) is 0 Å². The van der Waals surface area contributed by atoms with Gasteiger partial charge in [-0.1, -0.05) is 17.7 Å². The van der Waals surface area contributed by atoms with Gasteiger partial charge in [0.15, 0.2) is 0 Å². The van der Waals surface area contributed by atoms with Crippen molar-refractivity contribution >= 4 is 28.8 Å². The second-order valence-corrected chi connectivity index (χ2v) is 12.1. The molecule has 2 aromatic rings. The van der Waals surface area contributed by atoms with E-state index in [1.807, 2.05) is 33.8 Å². The van der Waals surface area contributed by atoms with Crippen LogP contribution in [0, 0.1) is 12.8 Å². The Bertz CT molecular complexity index is 1130. The summed E-state index contributed by atoms with van der Waals surface area (Å²) >= 11 is 3.11. The predicted molar refractivity (Wildman–Crippen MR) is 142 cm³/mol. The summed E-state index contributed by atoms with van der Waals surface area (Å²) in [5.41, 5.74) is 1.04. The van der Waals surface area contributed by atoms with Crippen LogP contribution in [0.25, 0.3) is 0 Å². The number of ether oxygens (including phenoxy) is 3. The Kier molecular flexibility index (Phi) is 8.90. The summed E-state index contributed by atoms with van der Waals surface area (Å²) in [5.74, 6) is 1.15. The molecule has 1 aromatic carbocycles. The van der Waals surface area contributed by atoms with Crippen LogP contribution in [0.15, 0.2) is 24.5 Å². The first-order valence-corrected chi connectivity index (χ1v) is 14.2. The lowest BCUT2D eigenvalue weighted by molar-refractivity contribution is 0.0122. The van der Waals surface area contributed by atoms with E-state index in [9.17, 15) is 13.9 Å². The highest BCUT2D eigenvalue weighted by Crippen LogP contribution is 2.45. The number of hydrogen-bond acceptors (Lipinski definition) is 10. The Morgan fingerprint density at radius 3 is 2.45 bits per heavy atom. The van der Waals surface area contributed by atoms with Crippen molar-refractivity contribution in [2.45, 2.75) is 58.7 Å². The molecule has 3 heterocycles. The quantitative estimate of drug-likeness (QED) is 0.438. The second kappa shape index (κ2) is 11.8. The smallest absolute Gasteiger partial charge is 0.410 e. The first-order valence-electron chi connectivity index (χ1n) is 12.4. The molecule has 0 atom stereocenters. The van der Waals surface area contributed by atoms with Crippen LogP contribution in [-0.4, -0.2) is 68.1 Å². The number of rotatable bonds is 6. The molecule has 2 saturated heterocycles. The van der Waals surface area contributed by atoms with Gasteiger partial charge in [-0.15, -0.1) is 0 Å². The van der Waals surface area contributed by atoms with E-state index < -0.39 is 16.8 Å². The van der Waals surface area contributed by atoms with Crippen molar-refractivity contribution < 1.29 is 36.5 Å². The number of benzene rings is 1. The minimum absolute atomic E-state index is 0.0300. The molecule has 1 amide bonds. The average Bonchev–Trinajstić information content (AvgIpc) is 2.84. The van der Waals surface area contributed by atoms with Gasteiger partial charge >= 0.3 is 6.09 Å². The van der Waals surface area contributed by atoms with Gasteiger partial charge in [-0.05, 0) is 51.8 Å². The molecule has 0 spiro atoms. The van der Waals surface area contributed by atoms with Crippen LogP contribution in [0.3, 0.4) is 0 Å². The number of nitrogens with zero attached hydrogens (tertiary/aromatic N) is 3. The van der Waals surface area contributed by atoms with Crippen LogP contribution >= 0.6 is 22.8 Å². The normalized spacial score (nSPS) is 19.6. The summed E-state index contributed by atoms with van der Waals surface area (Å²) < 4.78 is 46.3. The standard InChI is InChI=1S/C25H34ClN3O8S/c1-16-22(35-19-7-9-29(10-8-19)24(30)37-25(2,3)4)27-15-28-23(16)36-21-6-5-17(12-20(21)26)11-18-13-33-38(31,32)34-14-18/h5-6,12,15,18-19,31-32H,7-11,13-14H2,1-4H3. The molecule has 2 aliphatic rings. The average molecular weight is 572 g/mol. The molecule has 2 aliphatic heterocycles. The van der Waals surface area contributed by atoms with E-state index in [-0.39, 0.29) is 31.3 Å². The maximum Gasteiger partial charge on any atom is 0.410 e. The number of amides is 1. The van der Waals surface area contributed by atoms with Gasteiger partial charge in [-0.3, -0.25) is 17.5 Å². The van der Waals surface area contributed by atoms with E-state index in [0.717, 1.165) is 5.56 Å². The molecule has 0 unspecified atom stereocenters. The van der Waals surface area contributed by atoms with E-state index in [4.69, 9.17) is 34.2 Å². The summed E-state index contributed by atoms with van der Waals surface area (Å²) in [6.45, 7) is 8.80. The molecule has 4 rings (SSSR count). The third-order valence-corrected chi connectivity index (χ3v) is 7.19. The highest BCUT2D eigenvalue weighted by molar-refractivity contribution is 8.16. The largest absolute Gasteiger partial charge is 0.474 e. The fourth-order valence-electron chi connectivity index (χ4n) is 4.04. The molecule has 2 N–H and O–H groups in total. The Morgan fingerprint density at radius 2 is 1.82 bits per heavy atom. The maximum absolute atomic E-state index is 12.3. The van der Waals surface area contributed by atoms with Crippen LogP contribution in [0.5, 0.6) is 17.5 Å². The maximum atomic E-state index is 12.3. The molecule has 38 heavy (non-hydrogen) atoms. The van der Waals surface area contributed by atoms with Crippen LogP contribution in [0.4, 0.5) is 4.79 Å². The van der Waals surface area contributed by atoms with Gasteiger partial charge in [0.2, 0.25) is 22.9 Å². The SMILES string of the molecule is Cc1c(Oc2ccc(CC3COS(O)(O)OC3)cc2Cl)ncnc1OC1CCN(C(=O)OC(C)(C)C)CC1. The molecular formula is C25H34ClN3O8S. The van der Waals surface area contributed by atoms with Crippen molar-refractivity contribution in [3.63, 3.8) is 0 Å². The van der Waals surface area contributed by atoms with Crippen molar-refractivity contribution in [1.29, 1.82) is 0 Å². The first kappa shape index (κ1) is 28.7. The highest BCUT2D eigenvalue weighted by Gasteiger charge is 2.30. The fourth-order valence-corrected chi connectivity index (χ4v) is 5.09. The molecule has 13 heteroatoms. The molecule has 210 valence electrons. The number of hydrogen-bond donors (Lipinski definition) is 2. The van der Waals surface area contributed by atoms with Crippen molar-refractivity contribution in [2.75, 3.05) is 26.3 Å². The van der Waals surface area contributed by atoms with Crippen LogP contribution in [0.2, 0.25) is 5.02 Å². The molecule has 1 aromatic heterocycles. The third kappa shape index (κ3) is 7.84. The van der Waals surface area contributed by atoms with Gasteiger partial charge in [0.1, 0.15) is 23.8 Å². The van der Waals surface area contributed by atoms with Crippen LogP contribution in [0.1, 0.15) is 44.7 Å². The second-order valence-electron chi connectivity index (χ2n) is 10.3. The third-order valence-electron chi connectivity index (χ3n) is 6.01.